The number of amides is 2. The summed E-state index contributed by atoms with van der Waals surface area (Å²) in [7, 11) is 1.86. The van der Waals surface area contributed by atoms with E-state index in [1.54, 1.807) is 4.90 Å². The van der Waals surface area contributed by atoms with Crippen LogP contribution >= 0.6 is 0 Å². The van der Waals surface area contributed by atoms with Gasteiger partial charge in [-0.15, -0.1) is 0 Å². The third-order valence-corrected chi connectivity index (χ3v) is 4.97. The normalized spacial score (nSPS) is 21.2. The molecule has 6 heteroatoms. The standard InChI is InChI=1S/C17H29N3O3/c1-4-15-14(16(5-2)23-19-15)10-18-17(22)20(3)13-8-6-12(11-21)7-9-13/h12-13,21H,4-11H2,1-3H3,(H,18,22). The minimum Gasteiger partial charge on any atom is -0.396 e. The third kappa shape index (κ3) is 4.25. The van der Waals surface area contributed by atoms with E-state index in [-0.39, 0.29) is 18.7 Å². The molecule has 1 aromatic heterocycles. The molecule has 1 aliphatic carbocycles. The van der Waals surface area contributed by atoms with Crippen molar-refractivity contribution in [3.8, 4) is 0 Å². The average molecular weight is 323 g/mol. The molecular weight excluding hydrogens is 294 g/mol. The Morgan fingerprint density at radius 2 is 2.00 bits per heavy atom. The first-order valence-electron chi connectivity index (χ1n) is 8.68. The van der Waals surface area contributed by atoms with Gasteiger partial charge in [-0.2, -0.15) is 0 Å². The molecule has 0 atom stereocenters. The van der Waals surface area contributed by atoms with Crippen molar-refractivity contribution in [1.29, 1.82) is 0 Å². The number of hydrogen-bond acceptors (Lipinski definition) is 4. The summed E-state index contributed by atoms with van der Waals surface area (Å²) in [6.07, 6.45) is 5.48. The van der Waals surface area contributed by atoms with Crippen LogP contribution in [0.15, 0.2) is 4.52 Å². The first-order valence-corrected chi connectivity index (χ1v) is 8.68. The van der Waals surface area contributed by atoms with Crippen LogP contribution in [0.3, 0.4) is 0 Å². The van der Waals surface area contributed by atoms with Crippen molar-refractivity contribution in [2.24, 2.45) is 5.92 Å². The first-order chi connectivity index (χ1) is 11.1. The van der Waals surface area contributed by atoms with Crippen LogP contribution in [0.4, 0.5) is 4.79 Å². The molecule has 0 aromatic carbocycles. The van der Waals surface area contributed by atoms with Crippen LogP contribution < -0.4 is 5.32 Å². The lowest BCUT2D eigenvalue weighted by Gasteiger charge is -2.34. The van der Waals surface area contributed by atoms with Crippen LogP contribution in [0.2, 0.25) is 0 Å². The van der Waals surface area contributed by atoms with Gasteiger partial charge in [0.25, 0.3) is 0 Å². The number of aliphatic hydroxyl groups excluding tert-OH is 1. The summed E-state index contributed by atoms with van der Waals surface area (Å²) in [6, 6.07) is 0.208. The number of nitrogens with one attached hydrogen (secondary N) is 1. The van der Waals surface area contributed by atoms with Gasteiger partial charge in [0.05, 0.1) is 5.69 Å². The zero-order valence-electron chi connectivity index (χ0n) is 14.5. The Bertz CT molecular complexity index is 486. The smallest absolute Gasteiger partial charge is 0.317 e. The lowest BCUT2D eigenvalue weighted by molar-refractivity contribution is 0.134. The van der Waals surface area contributed by atoms with E-state index >= 15 is 0 Å². The number of aryl methyl sites for hydroxylation is 2. The molecule has 0 unspecified atom stereocenters. The zero-order chi connectivity index (χ0) is 16.8. The van der Waals surface area contributed by atoms with Crippen molar-refractivity contribution >= 4 is 6.03 Å². The van der Waals surface area contributed by atoms with E-state index in [2.05, 4.69) is 10.5 Å². The summed E-state index contributed by atoms with van der Waals surface area (Å²) in [5.74, 6) is 1.26. The Labute approximate surface area is 138 Å². The summed E-state index contributed by atoms with van der Waals surface area (Å²) in [5, 5.41) is 16.3. The Morgan fingerprint density at radius 3 is 2.57 bits per heavy atom. The fourth-order valence-corrected chi connectivity index (χ4v) is 3.31. The van der Waals surface area contributed by atoms with Crippen molar-refractivity contribution in [1.82, 2.24) is 15.4 Å². The van der Waals surface area contributed by atoms with Crippen molar-refractivity contribution < 1.29 is 14.4 Å². The maximum atomic E-state index is 12.4. The van der Waals surface area contributed by atoms with Crippen LogP contribution in [-0.4, -0.2) is 40.9 Å². The SMILES string of the molecule is CCc1noc(CC)c1CNC(=O)N(C)C1CCC(CO)CC1. The van der Waals surface area contributed by atoms with Gasteiger partial charge in [0.15, 0.2) is 0 Å². The van der Waals surface area contributed by atoms with Crippen LogP contribution in [-0.2, 0) is 19.4 Å². The molecule has 2 rings (SSSR count). The van der Waals surface area contributed by atoms with Crippen molar-refractivity contribution in [3.05, 3.63) is 17.0 Å². The highest BCUT2D eigenvalue weighted by molar-refractivity contribution is 5.74. The summed E-state index contributed by atoms with van der Waals surface area (Å²) >= 11 is 0. The molecule has 130 valence electrons. The molecule has 1 saturated carbocycles. The van der Waals surface area contributed by atoms with Gasteiger partial charge in [-0.1, -0.05) is 19.0 Å². The fraction of sp³-hybridized carbons (Fsp3) is 0.765. The third-order valence-electron chi connectivity index (χ3n) is 4.97. The maximum Gasteiger partial charge on any atom is 0.317 e. The topological polar surface area (TPSA) is 78.6 Å². The van der Waals surface area contributed by atoms with Crippen molar-refractivity contribution in [2.45, 2.75) is 65.0 Å². The largest absolute Gasteiger partial charge is 0.396 e. The van der Waals surface area contributed by atoms with E-state index in [1.807, 2.05) is 20.9 Å². The highest BCUT2D eigenvalue weighted by Crippen LogP contribution is 2.26. The summed E-state index contributed by atoms with van der Waals surface area (Å²) < 4.78 is 5.33. The average Bonchev–Trinajstić information content (AvgIpc) is 3.01. The first kappa shape index (κ1) is 17.8. The highest BCUT2D eigenvalue weighted by atomic mass is 16.5. The molecule has 1 fully saturated rings. The van der Waals surface area contributed by atoms with Gasteiger partial charge >= 0.3 is 6.03 Å². The molecule has 2 amide bonds. The Kier molecular flexibility index (Phi) is 6.45. The predicted octanol–water partition coefficient (Wildman–Crippen LogP) is 2.49. The molecule has 0 aliphatic heterocycles. The lowest BCUT2D eigenvalue weighted by Crippen LogP contribution is -2.45. The molecule has 0 spiro atoms. The second-order valence-electron chi connectivity index (χ2n) is 6.36. The van der Waals surface area contributed by atoms with Crippen LogP contribution in [0.25, 0.3) is 0 Å². The molecule has 0 bridgehead atoms. The van der Waals surface area contributed by atoms with Gasteiger partial charge in [-0.3, -0.25) is 0 Å². The monoisotopic (exact) mass is 323 g/mol. The summed E-state index contributed by atoms with van der Waals surface area (Å²) in [6.45, 7) is 4.78. The second-order valence-corrected chi connectivity index (χ2v) is 6.36. The van der Waals surface area contributed by atoms with Gasteiger partial charge < -0.3 is 19.8 Å². The molecule has 2 N–H and O–H groups in total. The number of aromatic nitrogens is 1. The Balaban J connectivity index is 1.88. The van der Waals surface area contributed by atoms with Gasteiger partial charge in [0.2, 0.25) is 0 Å². The summed E-state index contributed by atoms with van der Waals surface area (Å²) in [5.41, 5.74) is 1.94. The summed E-state index contributed by atoms with van der Waals surface area (Å²) in [4.78, 5) is 14.2. The number of rotatable bonds is 6. The molecule has 1 aliphatic rings. The Hall–Kier alpha value is -1.56. The maximum absolute atomic E-state index is 12.4. The predicted molar refractivity (Wildman–Crippen MR) is 88.1 cm³/mol. The van der Waals surface area contributed by atoms with Crippen LogP contribution in [0.1, 0.15) is 56.5 Å². The number of nitrogens with zero attached hydrogens (tertiary/aromatic N) is 2. The molecule has 23 heavy (non-hydrogen) atoms. The van der Waals surface area contributed by atoms with Gasteiger partial charge in [0.1, 0.15) is 5.76 Å². The second kappa shape index (κ2) is 8.34. The molecule has 6 nitrogen and oxygen atoms in total. The van der Waals surface area contributed by atoms with Gasteiger partial charge in [0, 0.05) is 38.2 Å². The van der Waals surface area contributed by atoms with E-state index < -0.39 is 0 Å². The molecule has 1 aromatic rings. The van der Waals surface area contributed by atoms with Crippen molar-refractivity contribution in [2.75, 3.05) is 13.7 Å². The number of carbonyl (C=O) groups excluding carboxylic acids is 1. The molecule has 1 heterocycles. The van der Waals surface area contributed by atoms with E-state index in [0.29, 0.717) is 12.5 Å². The fourth-order valence-electron chi connectivity index (χ4n) is 3.31. The molecular formula is C17H29N3O3. The van der Waals surface area contributed by atoms with Crippen LogP contribution in [0, 0.1) is 5.92 Å². The van der Waals surface area contributed by atoms with Gasteiger partial charge in [-0.05, 0) is 38.0 Å². The van der Waals surface area contributed by atoms with E-state index in [9.17, 15) is 9.90 Å². The Morgan fingerprint density at radius 1 is 1.30 bits per heavy atom. The van der Waals surface area contributed by atoms with Crippen molar-refractivity contribution in [3.63, 3.8) is 0 Å². The van der Waals surface area contributed by atoms with Gasteiger partial charge in [-0.25, -0.2) is 4.79 Å². The molecule has 0 radical (unpaired) electrons. The molecule has 0 saturated heterocycles. The number of aliphatic hydroxyl groups is 1. The van der Waals surface area contributed by atoms with E-state index in [1.165, 1.54) is 0 Å². The lowest BCUT2D eigenvalue weighted by atomic mass is 9.86. The number of carbonyl (C=O) groups is 1. The quantitative estimate of drug-likeness (QED) is 0.843. The minimum absolute atomic E-state index is 0.0530. The number of urea groups is 1. The number of hydrogen-bond donors (Lipinski definition) is 2. The van der Waals surface area contributed by atoms with E-state index in [0.717, 1.165) is 55.5 Å². The minimum atomic E-state index is -0.0530. The van der Waals surface area contributed by atoms with Crippen LogP contribution in [0.5, 0.6) is 0 Å². The zero-order valence-corrected chi connectivity index (χ0v) is 14.5. The van der Waals surface area contributed by atoms with E-state index in [4.69, 9.17) is 4.52 Å². The highest BCUT2D eigenvalue weighted by Gasteiger charge is 2.26.